The Morgan fingerprint density at radius 2 is 2.10 bits per heavy atom. The molecular formula is C15H19N3O3. The smallest absolute Gasteiger partial charge is 0.326 e. The molecular weight excluding hydrogens is 270 g/mol. The Morgan fingerprint density at radius 3 is 2.67 bits per heavy atom. The van der Waals surface area contributed by atoms with Crippen molar-refractivity contribution in [1.29, 1.82) is 0 Å². The average Bonchev–Trinajstić information content (AvgIpc) is 2.87. The van der Waals surface area contributed by atoms with Crippen LogP contribution >= 0.6 is 0 Å². The van der Waals surface area contributed by atoms with Crippen molar-refractivity contribution in [2.45, 2.75) is 31.7 Å². The Balaban J connectivity index is 1.40. The number of nitrogens with zero attached hydrogens (tertiary/aromatic N) is 1. The van der Waals surface area contributed by atoms with E-state index in [1.54, 1.807) is 6.20 Å². The summed E-state index contributed by atoms with van der Waals surface area (Å²) in [5, 5.41) is 12.0. The summed E-state index contributed by atoms with van der Waals surface area (Å²) >= 11 is 0. The first kappa shape index (κ1) is 12.9. The number of rotatable bonds is 5. The van der Waals surface area contributed by atoms with E-state index in [2.05, 4.69) is 15.3 Å². The fourth-order valence-corrected chi connectivity index (χ4v) is 4.76. The van der Waals surface area contributed by atoms with Crippen molar-refractivity contribution in [3.05, 3.63) is 18.2 Å². The Morgan fingerprint density at radius 1 is 1.38 bits per heavy atom. The number of nitrogens with one attached hydrogen (secondary N) is 2. The number of aromatic amines is 1. The fraction of sp³-hybridized carbons (Fsp3) is 0.667. The molecule has 4 rings (SSSR count). The van der Waals surface area contributed by atoms with Gasteiger partial charge in [-0.25, -0.2) is 9.78 Å². The van der Waals surface area contributed by atoms with E-state index in [0.29, 0.717) is 23.7 Å². The molecule has 0 radical (unpaired) electrons. The van der Waals surface area contributed by atoms with Gasteiger partial charge in [-0.1, -0.05) is 0 Å². The number of hydrogen-bond donors (Lipinski definition) is 3. The molecule has 0 aromatic carbocycles. The van der Waals surface area contributed by atoms with Crippen molar-refractivity contribution < 1.29 is 14.7 Å². The number of H-pyrrole nitrogens is 1. The van der Waals surface area contributed by atoms with E-state index < -0.39 is 12.0 Å². The highest BCUT2D eigenvalue weighted by atomic mass is 16.4. The monoisotopic (exact) mass is 289 g/mol. The van der Waals surface area contributed by atoms with Gasteiger partial charge in [-0.3, -0.25) is 4.79 Å². The summed E-state index contributed by atoms with van der Waals surface area (Å²) in [4.78, 5) is 30.5. The first-order chi connectivity index (χ1) is 10.1. The van der Waals surface area contributed by atoms with E-state index in [0.717, 1.165) is 5.69 Å². The third-order valence-electron chi connectivity index (χ3n) is 5.63. The number of carboxylic acid groups (broad SMARTS) is 1. The van der Waals surface area contributed by atoms with Crippen LogP contribution in [0.2, 0.25) is 0 Å². The van der Waals surface area contributed by atoms with Crippen LogP contribution in [0.15, 0.2) is 12.5 Å². The zero-order chi connectivity index (χ0) is 14.6. The second-order valence-corrected chi connectivity index (χ2v) is 6.69. The standard InChI is InChI=1S/C15H19N3O3/c19-14(13-11-7-1-2-8(3-7)12(11)13)18-10(15(20)21)4-9-5-16-6-17-9/h5-8,10-13H,1-4H2,(H,16,17)(H,18,19)(H,20,21)/t7?,8?,10-,11?,12?,13?/m1/s1. The highest BCUT2D eigenvalue weighted by Gasteiger charge is 2.67. The fourth-order valence-electron chi connectivity index (χ4n) is 4.76. The van der Waals surface area contributed by atoms with Crippen LogP contribution < -0.4 is 5.32 Å². The van der Waals surface area contributed by atoms with Gasteiger partial charge in [0.05, 0.1) is 6.33 Å². The number of carboxylic acids is 1. The molecule has 3 aliphatic carbocycles. The number of hydrogen-bond acceptors (Lipinski definition) is 3. The first-order valence-corrected chi connectivity index (χ1v) is 7.65. The topological polar surface area (TPSA) is 95.1 Å². The summed E-state index contributed by atoms with van der Waals surface area (Å²) in [6.45, 7) is 0. The Kier molecular flexibility index (Phi) is 2.80. The largest absolute Gasteiger partial charge is 0.480 e. The number of imidazole rings is 1. The zero-order valence-corrected chi connectivity index (χ0v) is 11.7. The molecule has 0 spiro atoms. The molecule has 1 aromatic heterocycles. The van der Waals surface area contributed by atoms with E-state index in [-0.39, 0.29) is 18.2 Å². The van der Waals surface area contributed by atoms with Gasteiger partial charge in [0.15, 0.2) is 0 Å². The third kappa shape index (κ3) is 2.04. The minimum atomic E-state index is -0.994. The van der Waals surface area contributed by atoms with Crippen molar-refractivity contribution >= 4 is 11.9 Å². The van der Waals surface area contributed by atoms with Crippen LogP contribution in [-0.2, 0) is 16.0 Å². The molecule has 21 heavy (non-hydrogen) atoms. The van der Waals surface area contributed by atoms with Crippen molar-refractivity contribution in [1.82, 2.24) is 15.3 Å². The van der Waals surface area contributed by atoms with Crippen LogP contribution in [0.5, 0.6) is 0 Å². The van der Waals surface area contributed by atoms with Crippen molar-refractivity contribution in [3.8, 4) is 0 Å². The Hall–Kier alpha value is -1.85. The summed E-state index contributed by atoms with van der Waals surface area (Å²) in [6, 6.07) is -0.878. The molecule has 2 bridgehead atoms. The van der Waals surface area contributed by atoms with Gasteiger partial charge < -0.3 is 15.4 Å². The van der Waals surface area contributed by atoms with Crippen molar-refractivity contribution in [2.24, 2.45) is 29.6 Å². The quantitative estimate of drug-likeness (QED) is 0.747. The first-order valence-electron chi connectivity index (χ1n) is 7.65. The van der Waals surface area contributed by atoms with E-state index in [4.69, 9.17) is 0 Å². The van der Waals surface area contributed by atoms with E-state index in [1.165, 1.54) is 25.6 Å². The van der Waals surface area contributed by atoms with E-state index in [1.807, 2.05) is 0 Å². The Bertz CT molecular complexity index is 555. The molecule has 6 heteroatoms. The van der Waals surface area contributed by atoms with Crippen LogP contribution in [0.4, 0.5) is 0 Å². The molecule has 0 saturated heterocycles. The average molecular weight is 289 g/mol. The number of fused-ring (bicyclic) bond motifs is 5. The molecule has 1 aromatic rings. The normalized spacial score (nSPS) is 37.0. The van der Waals surface area contributed by atoms with Gasteiger partial charge in [0.2, 0.25) is 5.91 Å². The molecule has 3 saturated carbocycles. The van der Waals surface area contributed by atoms with Crippen molar-refractivity contribution in [3.63, 3.8) is 0 Å². The number of aromatic nitrogens is 2. The number of amides is 1. The lowest BCUT2D eigenvalue weighted by Crippen LogP contribution is -2.43. The van der Waals surface area contributed by atoms with Crippen molar-refractivity contribution in [2.75, 3.05) is 0 Å². The molecule has 1 heterocycles. The molecule has 0 aliphatic heterocycles. The summed E-state index contributed by atoms with van der Waals surface area (Å²) in [5.41, 5.74) is 0.721. The van der Waals surface area contributed by atoms with Crippen LogP contribution in [0, 0.1) is 29.6 Å². The molecule has 3 N–H and O–H groups in total. The number of aliphatic carboxylic acids is 1. The van der Waals surface area contributed by atoms with Crippen LogP contribution in [0.1, 0.15) is 25.0 Å². The van der Waals surface area contributed by atoms with E-state index in [9.17, 15) is 14.7 Å². The molecule has 4 unspecified atom stereocenters. The van der Waals surface area contributed by atoms with E-state index >= 15 is 0 Å². The van der Waals surface area contributed by atoms with Crippen LogP contribution in [-0.4, -0.2) is 33.0 Å². The highest BCUT2D eigenvalue weighted by molar-refractivity contribution is 5.87. The molecule has 6 nitrogen and oxygen atoms in total. The molecule has 3 aliphatic rings. The molecule has 3 fully saturated rings. The second kappa shape index (κ2) is 4.58. The SMILES string of the molecule is O=C(N[C@H](Cc1cnc[nH]1)C(=O)O)C1C2C3CCC(C3)C12. The van der Waals surface area contributed by atoms with Gasteiger partial charge in [0.1, 0.15) is 6.04 Å². The molecule has 5 atom stereocenters. The van der Waals surface area contributed by atoms with Crippen LogP contribution in [0.3, 0.4) is 0 Å². The third-order valence-corrected chi connectivity index (χ3v) is 5.63. The maximum Gasteiger partial charge on any atom is 0.326 e. The van der Waals surface area contributed by atoms with Gasteiger partial charge >= 0.3 is 5.97 Å². The summed E-state index contributed by atoms with van der Waals surface area (Å²) in [6.07, 6.45) is 7.15. The van der Waals surface area contributed by atoms with Gasteiger partial charge in [0, 0.05) is 24.2 Å². The predicted molar refractivity (Wildman–Crippen MR) is 73.2 cm³/mol. The Labute approximate surface area is 122 Å². The summed E-state index contributed by atoms with van der Waals surface area (Å²) < 4.78 is 0. The van der Waals surface area contributed by atoms with Gasteiger partial charge in [-0.15, -0.1) is 0 Å². The minimum Gasteiger partial charge on any atom is -0.480 e. The second-order valence-electron chi connectivity index (χ2n) is 6.69. The zero-order valence-electron chi connectivity index (χ0n) is 11.7. The highest BCUT2D eigenvalue weighted by Crippen LogP contribution is 2.69. The van der Waals surface area contributed by atoms with Gasteiger partial charge in [-0.05, 0) is 42.9 Å². The molecule has 1 amide bonds. The lowest BCUT2D eigenvalue weighted by Gasteiger charge is -2.15. The lowest BCUT2D eigenvalue weighted by molar-refractivity contribution is -0.142. The summed E-state index contributed by atoms with van der Waals surface area (Å²) in [7, 11) is 0. The maximum atomic E-state index is 12.4. The van der Waals surface area contributed by atoms with Gasteiger partial charge in [0.25, 0.3) is 0 Å². The number of carbonyl (C=O) groups is 2. The molecule has 112 valence electrons. The maximum absolute atomic E-state index is 12.4. The predicted octanol–water partition coefficient (Wildman–Crippen LogP) is 0.814. The van der Waals surface area contributed by atoms with Crippen LogP contribution in [0.25, 0.3) is 0 Å². The summed E-state index contributed by atoms with van der Waals surface area (Å²) in [5.74, 6) is 1.51. The lowest BCUT2D eigenvalue weighted by atomic mass is 10.0. The van der Waals surface area contributed by atoms with Gasteiger partial charge in [-0.2, -0.15) is 0 Å². The minimum absolute atomic E-state index is 0.0616. The number of carbonyl (C=O) groups excluding carboxylic acids is 1.